The summed E-state index contributed by atoms with van der Waals surface area (Å²) < 4.78 is 10.7. The molecule has 80 valence electrons. The number of thioether (sulfide) groups is 1. The Morgan fingerprint density at radius 1 is 1.47 bits per heavy atom. The summed E-state index contributed by atoms with van der Waals surface area (Å²) in [5.74, 6) is 1.63. The van der Waals surface area contributed by atoms with Crippen LogP contribution in [0, 0.1) is 0 Å². The second kappa shape index (κ2) is 4.57. The van der Waals surface area contributed by atoms with Gasteiger partial charge in [-0.3, -0.25) is 0 Å². The fourth-order valence-electron chi connectivity index (χ4n) is 1.62. The first-order valence-electron chi connectivity index (χ1n) is 4.76. The van der Waals surface area contributed by atoms with Crippen molar-refractivity contribution in [1.29, 1.82) is 0 Å². The van der Waals surface area contributed by atoms with Crippen molar-refractivity contribution in [1.82, 2.24) is 0 Å². The maximum Gasteiger partial charge on any atom is 0.231 e. The van der Waals surface area contributed by atoms with Gasteiger partial charge in [-0.1, -0.05) is 6.07 Å². The quantitative estimate of drug-likeness (QED) is 0.580. The van der Waals surface area contributed by atoms with Gasteiger partial charge in [-0.2, -0.15) is 0 Å². The molecule has 0 saturated carbocycles. The minimum Gasteiger partial charge on any atom is -0.454 e. The zero-order valence-corrected chi connectivity index (χ0v) is 9.30. The van der Waals surface area contributed by atoms with Crippen molar-refractivity contribution in [3.05, 3.63) is 17.7 Å². The zero-order valence-electron chi connectivity index (χ0n) is 8.49. The molecule has 0 spiro atoms. The standard InChI is InChI=1S/C11H12O3S/c1-15-11-8(3-2-6-12)4-5-9-10(11)14-7-13-9/h4-6H,2-3,7H2,1H3. The molecule has 0 amide bonds. The number of benzene rings is 1. The van der Waals surface area contributed by atoms with E-state index in [1.54, 1.807) is 11.8 Å². The zero-order chi connectivity index (χ0) is 10.7. The van der Waals surface area contributed by atoms with E-state index in [4.69, 9.17) is 9.47 Å². The van der Waals surface area contributed by atoms with Crippen molar-refractivity contribution < 1.29 is 14.3 Å². The average Bonchev–Trinajstić information content (AvgIpc) is 2.73. The van der Waals surface area contributed by atoms with Gasteiger partial charge in [0.05, 0.1) is 4.90 Å². The van der Waals surface area contributed by atoms with Crippen LogP contribution in [0.15, 0.2) is 17.0 Å². The summed E-state index contributed by atoms with van der Waals surface area (Å²) >= 11 is 1.63. The average molecular weight is 224 g/mol. The Morgan fingerprint density at radius 3 is 3.07 bits per heavy atom. The van der Waals surface area contributed by atoms with E-state index in [-0.39, 0.29) is 0 Å². The molecule has 0 fully saturated rings. The van der Waals surface area contributed by atoms with Gasteiger partial charge in [-0.05, 0) is 24.3 Å². The van der Waals surface area contributed by atoms with Gasteiger partial charge >= 0.3 is 0 Å². The molecule has 0 bridgehead atoms. The van der Waals surface area contributed by atoms with Crippen LogP contribution < -0.4 is 9.47 Å². The number of aryl methyl sites for hydroxylation is 1. The maximum atomic E-state index is 10.3. The van der Waals surface area contributed by atoms with Crippen LogP contribution in [0.1, 0.15) is 12.0 Å². The maximum absolute atomic E-state index is 10.3. The van der Waals surface area contributed by atoms with E-state index < -0.39 is 0 Å². The van der Waals surface area contributed by atoms with E-state index >= 15 is 0 Å². The lowest BCUT2D eigenvalue weighted by Crippen LogP contribution is -1.94. The topological polar surface area (TPSA) is 35.5 Å². The molecule has 1 aromatic rings. The van der Waals surface area contributed by atoms with Crippen LogP contribution in [0.25, 0.3) is 0 Å². The summed E-state index contributed by atoms with van der Waals surface area (Å²) in [7, 11) is 0. The van der Waals surface area contributed by atoms with Crippen molar-refractivity contribution in [2.75, 3.05) is 13.0 Å². The van der Waals surface area contributed by atoms with E-state index in [1.165, 1.54) is 0 Å². The number of fused-ring (bicyclic) bond motifs is 1. The van der Waals surface area contributed by atoms with Gasteiger partial charge in [-0.25, -0.2) is 0 Å². The van der Waals surface area contributed by atoms with Crippen LogP contribution in [0.4, 0.5) is 0 Å². The summed E-state index contributed by atoms with van der Waals surface area (Å²) in [5, 5.41) is 0. The minimum absolute atomic E-state index is 0.292. The predicted octanol–water partition coefficient (Wildman–Crippen LogP) is 2.27. The van der Waals surface area contributed by atoms with Crippen molar-refractivity contribution in [2.24, 2.45) is 0 Å². The largest absolute Gasteiger partial charge is 0.454 e. The van der Waals surface area contributed by atoms with Gasteiger partial charge in [-0.15, -0.1) is 11.8 Å². The van der Waals surface area contributed by atoms with Gasteiger partial charge in [0.25, 0.3) is 0 Å². The Bertz CT molecular complexity index is 376. The Labute approximate surface area is 92.8 Å². The van der Waals surface area contributed by atoms with Crippen LogP contribution in [-0.2, 0) is 11.2 Å². The smallest absolute Gasteiger partial charge is 0.231 e. The molecular weight excluding hydrogens is 212 g/mol. The van der Waals surface area contributed by atoms with E-state index in [9.17, 15) is 4.79 Å². The third kappa shape index (κ3) is 1.95. The molecule has 1 heterocycles. The molecule has 4 heteroatoms. The molecule has 0 saturated heterocycles. The lowest BCUT2D eigenvalue weighted by Gasteiger charge is -2.08. The number of rotatable bonds is 4. The van der Waals surface area contributed by atoms with Crippen LogP contribution in [-0.4, -0.2) is 19.3 Å². The fraction of sp³-hybridized carbons (Fsp3) is 0.364. The Kier molecular flexibility index (Phi) is 3.16. The number of hydrogen-bond donors (Lipinski definition) is 0. The van der Waals surface area contributed by atoms with Crippen molar-refractivity contribution >= 4 is 18.0 Å². The van der Waals surface area contributed by atoms with Crippen molar-refractivity contribution in [2.45, 2.75) is 17.7 Å². The molecule has 0 N–H and O–H groups in total. The molecule has 15 heavy (non-hydrogen) atoms. The fourth-order valence-corrected chi connectivity index (χ4v) is 2.40. The molecule has 1 aliphatic rings. The molecule has 0 unspecified atom stereocenters. The second-order valence-electron chi connectivity index (χ2n) is 3.20. The van der Waals surface area contributed by atoms with Gasteiger partial charge in [0, 0.05) is 6.42 Å². The molecule has 3 nitrogen and oxygen atoms in total. The predicted molar refractivity (Wildman–Crippen MR) is 58.7 cm³/mol. The summed E-state index contributed by atoms with van der Waals surface area (Å²) in [6.07, 6.45) is 4.25. The number of ether oxygens (including phenoxy) is 2. The molecule has 0 radical (unpaired) electrons. The first-order chi connectivity index (χ1) is 7.36. The van der Waals surface area contributed by atoms with E-state index in [1.807, 2.05) is 18.4 Å². The highest BCUT2D eigenvalue weighted by Crippen LogP contribution is 2.42. The SMILES string of the molecule is CSc1c(CCC=O)ccc2c1OCO2. The highest BCUT2D eigenvalue weighted by Gasteiger charge is 2.19. The minimum atomic E-state index is 0.292. The van der Waals surface area contributed by atoms with Crippen LogP contribution >= 0.6 is 11.8 Å². The number of aldehydes is 1. The Hall–Kier alpha value is -1.16. The third-order valence-corrected chi connectivity index (χ3v) is 3.17. The molecular formula is C11H12O3S. The monoisotopic (exact) mass is 224 g/mol. The number of carbonyl (C=O) groups excluding carboxylic acids is 1. The van der Waals surface area contributed by atoms with Crippen LogP contribution in [0.2, 0.25) is 0 Å². The molecule has 1 aliphatic heterocycles. The van der Waals surface area contributed by atoms with Gasteiger partial charge in [0.1, 0.15) is 6.29 Å². The van der Waals surface area contributed by atoms with Crippen LogP contribution in [0.5, 0.6) is 11.5 Å². The Morgan fingerprint density at radius 2 is 2.33 bits per heavy atom. The molecule has 0 aromatic heterocycles. The van der Waals surface area contributed by atoms with Crippen molar-refractivity contribution in [3.8, 4) is 11.5 Å². The second-order valence-corrected chi connectivity index (χ2v) is 4.01. The summed E-state index contributed by atoms with van der Waals surface area (Å²) in [6, 6.07) is 3.91. The van der Waals surface area contributed by atoms with Gasteiger partial charge < -0.3 is 14.3 Å². The first kappa shape index (κ1) is 10.4. The van der Waals surface area contributed by atoms with E-state index in [0.29, 0.717) is 13.2 Å². The summed E-state index contributed by atoms with van der Waals surface area (Å²) in [4.78, 5) is 11.4. The molecule has 0 atom stereocenters. The number of hydrogen-bond acceptors (Lipinski definition) is 4. The molecule has 1 aromatic carbocycles. The highest BCUT2D eigenvalue weighted by atomic mass is 32.2. The van der Waals surface area contributed by atoms with E-state index in [2.05, 4.69) is 0 Å². The lowest BCUT2D eigenvalue weighted by atomic mass is 10.1. The third-order valence-electron chi connectivity index (χ3n) is 2.31. The highest BCUT2D eigenvalue weighted by molar-refractivity contribution is 7.98. The van der Waals surface area contributed by atoms with Crippen molar-refractivity contribution in [3.63, 3.8) is 0 Å². The lowest BCUT2D eigenvalue weighted by molar-refractivity contribution is -0.107. The van der Waals surface area contributed by atoms with E-state index in [0.717, 1.165) is 34.7 Å². The molecule has 2 rings (SSSR count). The summed E-state index contributed by atoms with van der Waals surface area (Å²) in [6.45, 7) is 0.292. The molecule has 0 aliphatic carbocycles. The summed E-state index contributed by atoms with van der Waals surface area (Å²) in [5.41, 5.74) is 1.15. The Balaban J connectivity index is 2.34. The first-order valence-corrected chi connectivity index (χ1v) is 5.98. The normalized spacial score (nSPS) is 12.9. The van der Waals surface area contributed by atoms with Gasteiger partial charge in [0.15, 0.2) is 11.5 Å². The van der Waals surface area contributed by atoms with Gasteiger partial charge in [0.2, 0.25) is 6.79 Å². The number of carbonyl (C=O) groups is 1. The van der Waals surface area contributed by atoms with Crippen LogP contribution in [0.3, 0.4) is 0 Å².